The first-order valence-corrected chi connectivity index (χ1v) is 9.64. The SMILES string of the molecule is CC[C@@H](Cc1ccccc1)C(=O)N1[C@H]2c3ccccc3C[C@H]2OC1(C)C. The normalized spacial score (nSPS) is 24.2. The van der Waals surface area contributed by atoms with Crippen molar-refractivity contribution in [1.29, 1.82) is 0 Å². The molecule has 3 nitrogen and oxygen atoms in total. The van der Waals surface area contributed by atoms with Gasteiger partial charge in [-0.1, -0.05) is 61.5 Å². The summed E-state index contributed by atoms with van der Waals surface area (Å²) in [5, 5.41) is 0. The van der Waals surface area contributed by atoms with E-state index in [0.29, 0.717) is 0 Å². The Balaban J connectivity index is 1.64. The van der Waals surface area contributed by atoms with Gasteiger partial charge in [-0.05, 0) is 43.4 Å². The van der Waals surface area contributed by atoms with Gasteiger partial charge in [0.2, 0.25) is 5.91 Å². The molecule has 0 N–H and O–H groups in total. The van der Waals surface area contributed by atoms with Crippen LogP contribution in [0.15, 0.2) is 54.6 Å². The molecule has 2 aromatic carbocycles. The van der Waals surface area contributed by atoms with Crippen LogP contribution in [0.5, 0.6) is 0 Å². The second-order valence-electron chi connectivity index (χ2n) is 7.95. The quantitative estimate of drug-likeness (QED) is 0.812. The van der Waals surface area contributed by atoms with Crippen molar-refractivity contribution in [1.82, 2.24) is 4.90 Å². The summed E-state index contributed by atoms with van der Waals surface area (Å²) in [5.41, 5.74) is 3.22. The second-order valence-corrected chi connectivity index (χ2v) is 7.95. The largest absolute Gasteiger partial charge is 0.350 e. The molecule has 2 aliphatic rings. The molecule has 0 saturated carbocycles. The molecule has 0 bridgehead atoms. The predicted molar refractivity (Wildman–Crippen MR) is 103 cm³/mol. The van der Waals surface area contributed by atoms with Crippen LogP contribution in [-0.2, 0) is 22.4 Å². The van der Waals surface area contributed by atoms with Crippen LogP contribution >= 0.6 is 0 Å². The lowest BCUT2D eigenvalue weighted by molar-refractivity contribution is -0.152. The van der Waals surface area contributed by atoms with Crippen molar-refractivity contribution in [3.05, 3.63) is 71.3 Å². The zero-order chi connectivity index (χ0) is 18.3. The van der Waals surface area contributed by atoms with Crippen LogP contribution in [0.1, 0.15) is 49.9 Å². The van der Waals surface area contributed by atoms with Crippen molar-refractivity contribution in [2.24, 2.45) is 5.92 Å². The summed E-state index contributed by atoms with van der Waals surface area (Å²) in [6.07, 6.45) is 2.57. The Kier molecular flexibility index (Phi) is 4.36. The summed E-state index contributed by atoms with van der Waals surface area (Å²) >= 11 is 0. The standard InChI is InChI=1S/C23H27NO2/c1-4-17(14-16-10-6-5-7-11-16)22(25)24-21-19-13-9-8-12-18(19)15-20(21)26-23(24,2)3/h5-13,17,20-21H,4,14-15H2,1-3H3/t17-,20+,21-/m0/s1. The topological polar surface area (TPSA) is 29.5 Å². The fourth-order valence-electron chi connectivity index (χ4n) is 4.61. The van der Waals surface area contributed by atoms with Gasteiger partial charge in [-0.2, -0.15) is 0 Å². The van der Waals surface area contributed by atoms with Crippen LogP contribution in [0.2, 0.25) is 0 Å². The average Bonchev–Trinajstić information content (AvgIpc) is 3.10. The highest BCUT2D eigenvalue weighted by molar-refractivity contribution is 5.81. The first-order valence-electron chi connectivity index (χ1n) is 9.64. The zero-order valence-corrected chi connectivity index (χ0v) is 15.8. The molecule has 1 aliphatic carbocycles. The van der Waals surface area contributed by atoms with Crippen LogP contribution in [0.25, 0.3) is 0 Å². The third kappa shape index (κ3) is 2.84. The van der Waals surface area contributed by atoms with E-state index in [-0.39, 0.29) is 24.0 Å². The Hall–Kier alpha value is -2.13. The molecule has 136 valence electrons. The molecule has 3 heteroatoms. The van der Waals surface area contributed by atoms with Gasteiger partial charge >= 0.3 is 0 Å². The van der Waals surface area contributed by atoms with Crippen molar-refractivity contribution in [2.75, 3.05) is 0 Å². The van der Waals surface area contributed by atoms with Gasteiger partial charge in [0.25, 0.3) is 0 Å². The number of hydrogen-bond acceptors (Lipinski definition) is 2. The number of nitrogens with zero attached hydrogens (tertiary/aromatic N) is 1. The Morgan fingerprint density at radius 2 is 1.85 bits per heavy atom. The number of ether oxygens (including phenoxy) is 1. The summed E-state index contributed by atoms with van der Waals surface area (Å²) in [7, 11) is 0. The van der Waals surface area contributed by atoms with Crippen molar-refractivity contribution in [2.45, 2.75) is 57.9 Å². The first-order chi connectivity index (χ1) is 12.5. The lowest BCUT2D eigenvalue weighted by Gasteiger charge is -2.36. The van der Waals surface area contributed by atoms with Crippen molar-refractivity contribution in [3.63, 3.8) is 0 Å². The van der Waals surface area contributed by atoms with Crippen molar-refractivity contribution >= 4 is 5.91 Å². The lowest BCUT2D eigenvalue weighted by Crippen LogP contribution is -2.47. The molecule has 4 rings (SSSR count). The van der Waals surface area contributed by atoms with Gasteiger partial charge in [-0.15, -0.1) is 0 Å². The number of benzene rings is 2. The van der Waals surface area contributed by atoms with E-state index in [2.05, 4.69) is 43.3 Å². The Morgan fingerprint density at radius 1 is 1.15 bits per heavy atom. The number of carbonyl (C=O) groups is 1. The molecule has 1 heterocycles. The molecule has 1 amide bonds. The monoisotopic (exact) mass is 349 g/mol. The predicted octanol–water partition coefficient (Wildman–Crippen LogP) is 4.52. The van der Waals surface area contributed by atoms with E-state index < -0.39 is 5.72 Å². The molecule has 1 aliphatic heterocycles. The Morgan fingerprint density at radius 3 is 2.58 bits per heavy atom. The molecule has 0 unspecified atom stereocenters. The summed E-state index contributed by atoms with van der Waals surface area (Å²) in [6.45, 7) is 6.16. The molecule has 3 atom stereocenters. The minimum atomic E-state index is -0.565. The van der Waals surface area contributed by atoms with E-state index in [1.807, 2.05) is 36.9 Å². The maximum absolute atomic E-state index is 13.6. The molecular formula is C23H27NO2. The summed E-state index contributed by atoms with van der Waals surface area (Å²) in [6, 6.07) is 18.8. The minimum absolute atomic E-state index is 0.0215. The second kappa shape index (κ2) is 6.55. The number of hydrogen-bond donors (Lipinski definition) is 0. The van der Waals surface area contributed by atoms with Crippen LogP contribution in [0, 0.1) is 5.92 Å². The Labute approximate surface area is 156 Å². The van der Waals surface area contributed by atoms with Crippen LogP contribution < -0.4 is 0 Å². The molecular weight excluding hydrogens is 322 g/mol. The van der Waals surface area contributed by atoms with E-state index >= 15 is 0 Å². The summed E-state index contributed by atoms with van der Waals surface area (Å²) < 4.78 is 6.34. The molecule has 0 radical (unpaired) electrons. The van der Waals surface area contributed by atoms with Crippen LogP contribution in [0.4, 0.5) is 0 Å². The van der Waals surface area contributed by atoms with Gasteiger partial charge < -0.3 is 9.64 Å². The number of amides is 1. The number of carbonyl (C=O) groups excluding carboxylic acids is 1. The zero-order valence-electron chi connectivity index (χ0n) is 15.8. The van der Waals surface area contributed by atoms with E-state index in [1.165, 1.54) is 16.7 Å². The van der Waals surface area contributed by atoms with Crippen LogP contribution in [-0.4, -0.2) is 22.6 Å². The molecule has 2 aromatic rings. The fourth-order valence-corrected chi connectivity index (χ4v) is 4.61. The fraction of sp³-hybridized carbons (Fsp3) is 0.435. The van der Waals surface area contributed by atoms with E-state index in [1.54, 1.807) is 0 Å². The highest BCUT2D eigenvalue weighted by Crippen LogP contribution is 2.48. The van der Waals surface area contributed by atoms with Crippen molar-refractivity contribution in [3.8, 4) is 0 Å². The highest BCUT2D eigenvalue weighted by Gasteiger charge is 2.54. The molecule has 1 saturated heterocycles. The van der Waals surface area contributed by atoms with Gasteiger partial charge in [0.05, 0.1) is 12.1 Å². The van der Waals surface area contributed by atoms with Gasteiger partial charge in [0, 0.05) is 12.3 Å². The van der Waals surface area contributed by atoms with E-state index in [0.717, 1.165) is 19.3 Å². The number of fused-ring (bicyclic) bond motifs is 3. The molecule has 0 spiro atoms. The third-order valence-corrected chi connectivity index (χ3v) is 5.85. The lowest BCUT2D eigenvalue weighted by atomic mass is 9.93. The molecule has 26 heavy (non-hydrogen) atoms. The minimum Gasteiger partial charge on any atom is -0.350 e. The summed E-state index contributed by atoms with van der Waals surface area (Å²) in [5.74, 6) is 0.192. The molecule has 0 aromatic heterocycles. The average molecular weight is 349 g/mol. The Bertz CT molecular complexity index is 799. The van der Waals surface area contributed by atoms with Crippen molar-refractivity contribution < 1.29 is 9.53 Å². The van der Waals surface area contributed by atoms with Crippen LogP contribution in [0.3, 0.4) is 0 Å². The first kappa shape index (κ1) is 17.3. The highest BCUT2D eigenvalue weighted by atomic mass is 16.5. The molecule has 1 fully saturated rings. The maximum atomic E-state index is 13.6. The van der Waals surface area contributed by atoms with Gasteiger partial charge in [0.1, 0.15) is 5.72 Å². The smallest absolute Gasteiger partial charge is 0.228 e. The maximum Gasteiger partial charge on any atom is 0.228 e. The summed E-state index contributed by atoms with van der Waals surface area (Å²) in [4.78, 5) is 15.6. The van der Waals surface area contributed by atoms with Gasteiger partial charge in [-0.25, -0.2) is 0 Å². The third-order valence-electron chi connectivity index (χ3n) is 5.85. The van der Waals surface area contributed by atoms with E-state index in [9.17, 15) is 4.79 Å². The number of rotatable bonds is 4. The van der Waals surface area contributed by atoms with E-state index in [4.69, 9.17) is 4.74 Å². The van der Waals surface area contributed by atoms with Gasteiger partial charge in [-0.3, -0.25) is 4.79 Å². The van der Waals surface area contributed by atoms with Gasteiger partial charge in [0.15, 0.2) is 0 Å².